The highest BCUT2D eigenvalue weighted by atomic mass is 35.5. The molecule has 0 aromatic heterocycles. The second kappa shape index (κ2) is 9.64. The van der Waals surface area contributed by atoms with Gasteiger partial charge < -0.3 is 10.4 Å². The lowest BCUT2D eigenvalue weighted by atomic mass is 9.82. The Labute approximate surface area is 186 Å². The van der Waals surface area contributed by atoms with E-state index >= 15 is 0 Å². The maximum Gasteiger partial charge on any atom is 0.408 e. The van der Waals surface area contributed by atoms with Crippen LogP contribution < -0.4 is 5.32 Å². The van der Waals surface area contributed by atoms with E-state index < -0.39 is 53.8 Å². The number of likely N-dealkylation sites (tertiary alicyclic amines) is 1. The number of amides is 3. The van der Waals surface area contributed by atoms with Crippen molar-refractivity contribution in [2.45, 2.75) is 63.2 Å². The number of benzene rings is 1. The molecule has 3 rings (SSSR count). The van der Waals surface area contributed by atoms with Gasteiger partial charge in [-0.15, -0.1) is 0 Å². The monoisotopic (exact) mass is 478 g/mol. The number of urea groups is 1. The molecule has 3 atom stereocenters. The van der Waals surface area contributed by atoms with Crippen molar-refractivity contribution in [2.75, 3.05) is 0 Å². The lowest BCUT2D eigenvalue weighted by Gasteiger charge is -2.44. The van der Waals surface area contributed by atoms with E-state index in [0.29, 0.717) is 17.7 Å². The average molecular weight is 479 g/mol. The molecule has 2 N–H and O–H groups in total. The summed E-state index contributed by atoms with van der Waals surface area (Å²) in [5.41, 5.74) is 0.173. The third kappa shape index (κ3) is 5.16. The molecule has 6 nitrogen and oxygen atoms in total. The summed E-state index contributed by atoms with van der Waals surface area (Å²) in [5.74, 6) is -4.98. The van der Waals surface area contributed by atoms with E-state index in [9.17, 15) is 37.1 Å². The highest BCUT2D eigenvalue weighted by Crippen LogP contribution is 2.36. The van der Waals surface area contributed by atoms with Crippen LogP contribution in [0.3, 0.4) is 0 Å². The van der Waals surface area contributed by atoms with E-state index in [4.69, 9.17) is 11.6 Å². The Morgan fingerprint density at radius 3 is 2.47 bits per heavy atom. The van der Waals surface area contributed by atoms with Gasteiger partial charge in [0, 0.05) is 5.02 Å². The van der Waals surface area contributed by atoms with Gasteiger partial charge in [0.2, 0.25) is 5.91 Å². The summed E-state index contributed by atoms with van der Waals surface area (Å²) in [6, 6.07) is -1.33. The summed E-state index contributed by atoms with van der Waals surface area (Å²) in [6.45, 7) is 0. The molecule has 0 spiro atoms. The maximum absolute atomic E-state index is 13.9. The molecular weight excluding hydrogens is 456 g/mol. The number of carbonyl (C=O) groups is 3. The number of alkyl halides is 3. The van der Waals surface area contributed by atoms with Gasteiger partial charge in [-0.2, -0.15) is 13.2 Å². The third-order valence-corrected chi connectivity index (χ3v) is 6.41. The number of nitrogens with one attached hydrogen (secondary N) is 1. The zero-order valence-corrected chi connectivity index (χ0v) is 17.8. The molecule has 0 radical (unpaired) electrons. The van der Waals surface area contributed by atoms with Crippen LogP contribution in [0.2, 0.25) is 5.02 Å². The fourth-order valence-electron chi connectivity index (χ4n) is 4.52. The fourth-order valence-corrected chi connectivity index (χ4v) is 4.72. The van der Waals surface area contributed by atoms with Crippen molar-refractivity contribution >= 4 is 29.5 Å². The summed E-state index contributed by atoms with van der Waals surface area (Å²) < 4.78 is 54.6. The molecule has 11 heteroatoms. The van der Waals surface area contributed by atoms with E-state index in [1.165, 1.54) is 12.1 Å². The first-order valence-electron chi connectivity index (χ1n) is 10.4. The largest absolute Gasteiger partial charge is 0.480 e. The Balaban J connectivity index is 1.70. The van der Waals surface area contributed by atoms with Crippen LogP contribution >= 0.6 is 11.6 Å². The van der Waals surface area contributed by atoms with Crippen molar-refractivity contribution in [2.24, 2.45) is 11.8 Å². The van der Waals surface area contributed by atoms with Crippen molar-refractivity contribution in [3.8, 4) is 0 Å². The van der Waals surface area contributed by atoms with Crippen molar-refractivity contribution in [1.82, 2.24) is 10.2 Å². The number of carboxylic acids is 1. The van der Waals surface area contributed by atoms with Gasteiger partial charge in [0.05, 0.1) is 5.92 Å². The smallest absolute Gasteiger partial charge is 0.408 e. The Bertz CT molecular complexity index is 889. The molecule has 3 unspecified atom stereocenters. The van der Waals surface area contributed by atoms with Gasteiger partial charge in [-0.1, -0.05) is 30.9 Å². The Morgan fingerprint density at radius 1 is 1.22 bits per heavy atom. The number of nitrogens with zero attached hydrogens (tertiary/aromatic N) is 1. The number of aryl methyl sites for hydroxylation is 1. The maximum atomic E-state index is 13.9. The standard InChI is InChI=1S/C21H23ClF4N2O4/c22-13-7-9-15(23)12(10-13)6-8-14-16(19(30)31)28(18(14)29)20(32)27-17(21(24,25)26)11-4-2-1-3-5-11/h7,9-11,14,16-17H,1-6,8H2,(H,27,32)(H,30,31). The van der Waals surface area contributed by atoms with Crippen LogP contribution in [-0.2, 0) is 16.0 Å². The van der Waals surface area contributed by atoms with Gasteiger partial charge in [0.15, 0.2) is 6.04 Å². The zero-order valence-electron chi connectivity index (χ0n) is 17.0. The topological polar surface area (TPSA) is 86.7 Å². The van der Waals surface area contributed by atoms with Crippen LogP contribution in [0.5, 0.6) is 0 Å². The van der Waals surface area contributed by atoms with Crippen molar-refractivity contribution < 1.29 is 37.1 Å². The van der Waals surface area contributed by atoms with Gasteiger partial charge in [-0.25, -0.2) is 18.9 Å². The number of hydrogen-bond donors (Lipinski definition) is 2. The van der Waals surface area contributed by atoms with Crippen LogP contribution in [0.25, 0.3) is 0 Å². The summed E-state index contributed by atoms with van der Waals surface area (Å²) >= 11 is 5.82. The van der Waals surface area contributed by atoms with E-state index in [1.54, 1.807) is 0 Å². The van der Waals surface area contributed by atoms with Gasteiger partial charge in [-0.05, 0) is 55.4 Å². The van der Waals surface area contributed by atoms with Crippen LogP contribution in [0, 0.1) is 17.7 Å². The SMILES string of the molecule is O=C(O)C1C(CCc2cc(Cl)ccc2F)C(=O)N1C(=O)NC(C1CCCCC1)C(F)(F)F. The second-order valence-electron chi connectivity index (χ2n) is 8.24. The lowest BCUT2D eigenvalue weighted by Crippen LogP contribution is -2.69. The van der Waals surface area contributed by atoms with Crippen molar-refractivity contribution in [1.29, 1.82) is 0 Å². The minimum Gasteiger partial charge on any atom is -0.480 e. The molecule has 1 saturated heterocycles. The van der Waals surface area contributed by atoms with Crippen LogP contribution in [-0.4, -0.2) is 46.2 Å². The molecule has 1 heterocycles. The molecule has 1 aromatic rings. The highest BCUT2D eigenvalue weighted by Gasteiger charge is 2.56. The number of aliphatic carboxylic acids is 1. The molecule has 1 aromatic carbocycles. The lowest BCUT2D eigenvalue weighted by molar-refractivity contribution is -0.173. The quantitative estimate of drug-likeness (QED) is 0.464. The number of rotatable bonds is 6. The van der Waals surface area contributed by atoms with Crippen molar-refractivity contribution in [3.05, 3.63) is 34.6 Å². The molecular formula is C21H23ClF4N2O4. The number of halogens is 5. The van der Waals surface area contributed by atoms with Gasteiger partial charge in [0.25, 0.3) is 0 Å². The Morgan fingerprint density at radius 2 is 1.88 bits per heavy atom. The van der Waals surface area contributed by atoms with E-state index in [-0.39, 0.29) is 36.3 Å². The molecule has 176 valence electrons. The molecule has 1 aliphatic heterocycles. The number of carboxylic acid groups (broad SMARTS) is 1. The first-order valence-corrected chi connectivity index (χ1v) is 10.8. The molecule has 3 amide bonds. The summed E-state index contributed by atoms with van der Waals surface area (Å²) in [7, 11) is 0. The molecule has 1 saturated carbocycles. The third-order valence-electron chi connectivity index (χ3n) is 6.17. The van der Waals surface area contributed by atoms with Crippen LogP contribution in [0.4, 0.5) is 22.4 Å². The number of carbonyl (C=O) groups excluding carboxylic acids is 2. The predicted octanol–water partition coefficient (Wildman–Crippen LogP) is 4.54. The summed E-state index contributed by atoms with van der Waals surface area (Å²) in [6.07, 6.45) is -2.24. The predicted molar refractivity (Wildman–Crippen MR) is 106 cm³/mol. The first-order chi connectivity index (χ1) is 15.0. The molecule has 0 bridgehead atoms. The average Bonchev–Trinajstić information content (AvgIpc) is 2.72. The zero-order chi connectivity index (χ0) is 23.6. The van der Waals surface area contributed by atoms with Crippen LogP contribution in [0.15, 0.2) is 18.2 Å². The van der Waals surface area contributed by atoms with E-state index in [0.717, 1.165) is 12.5 Å². The van der Waals surface area contributed by atoms with E-state index in [2.05, 4.69) is 0 Å². The minimum atomic E-state index is -4.73. The normalized spacial score (nSPS) is 22.9. The van der Waals surface area contributed by atoms with Gasteiger partial charge in [-0.3, -0.25) is 4.79 Å². The number of hydrogen-bond acceptors (Lipinski definition) is 3. The van der Waals surface area contributed by atoms with Crippen LogP contribution in [0.1, 0.15) is 44.1 Å². The molecule has 1 aliphatic carbocycles. The summed E-state index contributed by atoms with van der Waals surface area (Å²) in [5, 5.41) is 11.6. The second-order valence-corrected chi connectivity index (χ2v) is 8.68. The van der Waals surface area contributed by atoms with Gasteiger partial charge >= 0.3 is 18.2 Å². The number of β-lactam (4-membered cyclic amide) rings is 1. The molecule has 2 aliphatic rings. The highest BCUT2D eigenvalue weighted by molar-refractivity contribution is 6.30. The number of imide groups is 1. The summed E-state index contributed by atoms with van der Waals surface area (Å²) in [4.78, 5) is 37.0. The van der Waals surface area contributed by atoms with E-state index in [1.807, 2.05) is 5.32 Å². The molecule has 32 heavy (non-hydrogen) atoms. The Kier molecular flexibility index (Phi) is 7.32. The first kappa shape index (κ1) is 24.3. The minimum absolute atomic E-state index is 0.0186. The van der Waals surface area contributed by atoms with Gasteiger partial charge in [0.1, 0.15) is 11.9 Å². The molecule has 2 fully saturated rings. The Hall–Kier alpha value is -2.36. The fraction of sp³-hybridized carbons (Fsp3) is 0.571. The van der Waals surface area contributed by atoms with Crippen molar-refractivity contribution in [3.63, 3.8) is 0 Å².